The molecule has 0 spiro atoms. The first kappa shape index (κ1) is 22.1. The summed E-state index contributed by atoms with van der Waals surface area (Å²) in [4.78, 5) is 7.61. The van der Waals surface area contributed by atoms with Gasteiger partial charge in [-0.05, 0) is 35.4 Å². The van der Waals surface area contributed by atoms with E-state index in [1.165, 1.54) is 24.3 Å². The van der Waals surface area contributed by atoms with Gasteiger partial charge >= 0.3 is 0 Å². The maximum absolute atomic E-state index is 13.2. The van der Waals surface area contributed by atoms with Crippen molar-refractivity contribution >= 4 is 5.71 Å². The van der Waals surface area contributed by atoms with Gasteiger partial charge in [-0.1, -0.05) is 35.5 Å². The van der Waals surface area contributed by atoms with E-state index in [4.69, 9.17) is 9.57 Å². The third-order valence-electron chi connectivity index (χ3n) is 4.71. The summed E-state index contributed by atoms with van der Waals surface area (Å²) in [6.45, 7) is 5.55. The fraction of sp³-hybridized carbons (Fsp3) is 0.348. The molecule has 2 aromatic carbocycles. The molecule has 3 rings (SSSR count). The number of oxime groups is 1. The number of benzene rings is 2. The Balaban J connectivity index is 1.60. The maximum atomic E-state index is 13.2. The summed E-state index contributed by atoms with van der Waals surface area (Å²) in [5.74, 6) is -0.590. The second-order valence-corrected chi connectivity index (χ2v) is 7.28. The number of halogens is 2. The van der Waals surface area contributed by atoms with E-state index in [2.05, 4.69) is 11.7 Å². The first-order valence-corrected chi connectivity index (χ1v) is 9.85. The standard InChI is InChI=1S/C23H26F2N2O3/c1-2-11-29-16-21(28)14-27(13-17-3-7-19(24)8-4-17)15-22-12-23(26-30-22)18-5-9-20(25)10-6-18/h2-10,21-22,28H,1,11-16H2/t21-,22-/m1/s1. The van der Waals surface area contributed by atoms with Crippen molar-refractivity contribution < 1.29 is 23.5 Å². The molecule has 0 bridgehead atoms. The molecule has 7 heteroatoms. The molecule has 0 aromatic heterocycles. The molecule has 160 valence electrons. The molecule has 0 fully saturated rings. The average Bonchev–Trinajstić information content (AvgIpc) is 3.19. The Morgan fingerprint density at radius 3 is 2.50 bits per heavy atom. The summed E-state index contributed by atoms with van der Waals surface area (Å²) in [5.41, 5.74) is 2.51. The molecule has 2 atom stereocenters. The van der Waals surface area contributed by atoms with Gasteiger partial charge in [-0.25, -0.2) is 8.78 Å². The normalized spacial score (nSPS) is 16.9. The lowest BCUT2D eigenvalue weighted by molar-refractivity contribution is 0.00335. The molecular formula is C23H26F2N2O3. The summed E-state index contributed by atoms with van der Waals surface area (Å²) >= 11 is 0. The molecule has 0 saturated carbocycles. The summed E-state index contributed by atoms with van der Waals surface area (Å²) in [5, 5.41) is 14.5. The molecule has 0 amide bonds. The minimum atomic E-state index is -0.690. The number of aliphatic hydroxyl groups excluding tert-OH is 1. The molecule has 1 aliphatic rings. The largest absolute Gasteiger partial charge is 0.390 e. The molecule has 0 saturated heterocycles. The smallest absolute Gasteiger partial charge is 0.145 e. The summed E-state index contributed by atoms with van der Waals surface area (Å²) in [6.07, 6.45) is 1.31. The van der Waals surface area contributed by atoms with E-state index in [0.717, 1.165) is 16.8 Å². The first-order valence-electron chi connectivity index (χ1n) is 9.85. The lowest BCUT2D eigenvalue weighted by Gasteiger charge is -2.27. The van der Waals surface area contributed by atoms with Crippen molar-refractivity contribution in [2.45, 2.75) is 25.2 Å². The monoisotopic (exact) mass is 416 g/mol. The van der Waals surface area contributed by atoms with Crippen LogP contribution in [-0.4, -0.2) is 54.2 Å². The van der Waals surface area contributed by atoms with Crippen LogP contribution in [0.2, 0.25) is 0 Å². The van der Waals surface area contributed by atoms with Gasteiger partial charge in [-0.2, -0.15) is 0 Å². The lowest BCUT2D eigenvalue weighted by atomic mass is 10.0. The summed E-state index contributed by atoms with van der Waals surface area (Å²) < 4.78 is 31.7. The highest BCUT2D eigenvalue weighted by Gasteiger charge is 2.26. The van der Waals surface area contributed by atoms with E-state index in [0.29, 0.717) is 32.7 Å². The zero-order chi connectivity index (χ0) is 21.3. The fourth-order valence-electron chi connectivity index (χ4n) is 3.32. The highest BCUT2D eigenvalue weighted by atomic mass is 19.1. The molecule has 1 aliphatic heterocycles. The third-order valence-corrected chi connectivity index (χ3v) is 4.71. The molecule has 5 nitrogen and oxygen atoms in total. The summed E-state index contributed by atoms with van der Waals surface area (Å²) in [7, 11) is 0. The van der Waals surface area contributed by atoms with Crippen LogP contribution in [-0.2, 0) is 16.1 Å². The molecule has 1 heterocycles. The predicted molar refractivity (Wildman–Crippen MR) is 111 cm³/mol. The van der Waals surface area contributed by atoms with Gasteiger partial charge in [0, 0.05) is 26.1 Å². The Morgan fingerprint density at radius 1 is 1.17 bits per heavy atom. The van der Waals surface area contributed by atoms with Gasteiger partial charge in [0.15, 0.2) is 0 Å². The number of aliphatic hydroxyl groups is 1. The highest BCUT2D eigenvalue weighted by Crippen LogP contribution is 2.19. The minimum Gasteiger partial charge on any atom is -0.390 e. The van der Waals surface area contributed by atoms with E-state index in [-0.39, 0.29) is 24.3 Å². The van der Waals surface area contributed by atoms with Crippen LogP contribution in [0.5, 0.6) is 0 Å². The van der Waals surface area contributed by atoms with Crippen molar-refractivity contribution in [3.8, 4) is 0 Å². The van der Waals surface area contributed by atoms with Crippen LogP contribution >= 0.6 is 0 Å². The van der Waals surface area contributed by atoms with Gasteiger partial charge in [0.1, 0.15) is 17.7 Å². The Labute approximate surface area is 175 Å². The van der Waals surface area contributed by atoms with E-state index >= 15 is 0 Å². The van der Waals surface area contributed by atoms with Gasteiger partial charge in [0.05, 0.1) is 25.0 Å². The topological polar surface area (TPSA) is 54.3 Å². The second-order valence-electron chi connectivity index (χ2n) is 7.28. The predicted octanol–water partition coefficient (Wildman–Crippen LogP) is 3.52. The number of rotatable bonds is 11. The van der Waals surface area contributed by atoms with Crippen LogP contribution in [0.4, 0.5) is 8.78 Å². The van der Waals surface area contributed by atoms with Crippen molar-refractivity contribution in [1.29, 1.82) is 0 Å². The van der Waals surface area contributed by atoms with Crippen LogP contribution in [0.25, 0.3) is 0 Å². The fourth-order valence-corrected chi connectivity index (χ4v) is 3.32. The summed E-state index contributed by atoms with van der Waals surface area (Å²) in [6, 6.07) is 12.4. The Kier molecular flexibility index (Phi) is 8.07. The van der Waals surface area contributed by atoms with E-state index in [1.54, 1.807) is 30.3 Å². The van der Waals surface area contributed by atoms with Crippen molar-refractivity contribution in [3.05, 3.63) is 83.9 Å². The van der Waals surface area contributed by atoms with Crippen LogP contribution in [0, 0.1) is 11.6 Å². The zero-order valence-electron chi connectivity index (χ0n) is 16.7. The quantitative estimate of drug-likeness (QED) is 0.450. The molecule has 2 aromatic rings. The maximum Gasteiger partial charge on any atom is 0.145 e. The van der Waals surface area contributed by atoms with Crippen LogP contribution in [0.3, 0.4) is 0 Å². The molecule has 0 radical (unpaired) electrons. The lowest BCUT2D eigenvalue weighted by Crippen LogP contribution is -2.39. The second kappa shape index (κ2) is 11.0. The van der Waals surface area contributed by atoms with Gasteiger partial charge in [0.25, 0.3) is 0 Å². The van der Waals surface area contributed by atoms with Crippen LogP contribution < -0.4 is 0 Å². The number of hydrogen-bond donors (Lipinski definition) is 1. The van der Waals surface area contributed by atoms with Gasteiger partial charge in [-0.3, -0.25) is 4.90 Å². The molecule has 1 N–H and O–H groups in total. The van der Waals surface area contributed by atoms with E-state index in [9.17, 15) is 13.9 Å². The number of ether oxygens (including phenoxy) is 1. The van der Waals surface area contributed by atoms with Crippen LogP contribution in [0.15, 0.2) is 66.3 Å². The van der Waals surface area contributed by atoms with Crippen molar-refractivity contribution in [1.82, 2.24) is 4.90 Å². The number of hydrogen-bond acceptors (Lipinski definition) is 5. The van der Waals surface area contributed by atoms with E-state index < -0.39 is 6.10 Å². The minimum absolute atomic E-state index is 0.189. The zero-order valence-corrected chi connectivity index (χ0v) is 16.7. The van der Waals surface area contributed by atoms with Crippen molar-refractivity contribution in [2.75, 3.05) is 26.3 Å². The van der Waals surface area contributed by atoms with Gasteiger partial charge < -0.3 is 14.7 Å². The van der Waals surface area contributed by atoms with Gasteiger partial charge in [-0.15, -0.1) is 6.58 Å². The molecular weight excluding hydrogens is 390 g/mol. The molecule has 30 heavy (non-hydrogen) atoms. The highest BCUT2D eigenvalue weighted by molar-refractivity contribution is 6.01. The van der Waals surface area contributed by atoms with Crippen molar-refractivity contribution in [2.24, 2.45) is 5.16 Å². The number of nitrogens with zero attached hydrogens (tertiary/aromatic N) is 2. The van der Waals surface area contributed by atoms with Crippen LogP contribution in [0.1, 0.15) is 17.5 Å². The van der Waals surface area contributed by atoms with Gasteiger partial charge in [0.2, 0.25) is 0 Å². The first-order chi connectivity index (χ1) is 14.5. The average molecular weight is 416 g/mol. The third kappa shape index (κ3) is 6.73. The molecule has 0 unspecified atom stereocenters. The Bertz CT molecular complexity index is 841. The Hall–Kier alpha value is -2.61. The van der Waals surface area contributed by atoms with E-state index in [1.807, 2.05) is 4.90 Å². The Morgan fingerprint density at radius 2 is 1.83 bits per heavy atom. The SMILES string of the molecule is C=CCOC[C@H](O)CN(Cc1ccc(F)cc1)C[C@H]1CC(c2ccc(F)cc2)=NO1. The molecule has 0 aliphatic carbocycles. The van der Waals surface area contributed by atoms with Crippen molar-refractivity contribution in [3.63, 3.8) is 0 Å².